The van der Waals surface area contributed by atoms with Gasteiger partial charge in [0, 0.05) is 11.6 Å². The van der Waals surface area contributed by atoms with Crippen LogP contribution < -0.4 is 5.32 Å². The molecule has 0 aliphatic heterocycles. The van der Waals surface area contributed by atoms with Gasteiger partial charge >= 0.3 is 0 Å². The lowest BCUT2D eigenvalue weighted by Gasteiger charge is -2.09. The van der Waals surface area contributed by atoms with E-state index in [0.717, 1.165) is 24.4 Å². The molecule has 1 amide bonds. The number of amides is 1. The van der Waals surface area contributed by atoms with Crippen molar-refractivity contribution in [1.82, 2.24) is 20.4 Å². The Hall–Kier alpha value is -2.24. The first-order valence-corrected chi connectivity index (χ1v) is 6.71. The molecule has 2 aromatic heterocycles. The molecular weight excluding hydrogens is 256 g/mol. The van der Waals surface area contributed by atoms with E-state index in [1.165, 1.54) is 0 Å². The minimum absolute atomic E-state index is 0.243. The standard InChI is InChI=1S/C14H16N4O2/c1-8-4-3-5-11(15-8)13(19)16-9(2)14-17-12(18-20-14)10-6-7-10/h3-5,9-10H,6-7H2,1-2H3,(H,16,19)/t9-/m1/s1. The lowest BCUT2D eigenvalue weighted by atomic mass is 10.2. The number of hydrogen-bond acceptors (Lipinski definition) is 5. The SMILES string of the molecule is Cc1cccc(C(=O)N[C@H](C)c2nc(C3CC3)no2)n1. The maximum Gasteiger partial charge on any atom is 0.270 e. The fraction of sp³-hybridized carbons (Fsp3) is 0.429. The molecular formula is C14H16N4O2. The van der Waals surface area contributed by atoms with Gasteiger partial charge in [0.25, 0.3) is 5.91 Å². The van der Waals surface area contributed by atoms with Gasteiger partial charge in [-0.05, 0) is 38.8 Å². The van der Waals surface area contributed by atoms with E-state index in [0.29, 0.717) is 17.5 Å². The van der Waals surface area contributed by atoms with E-state index in [1.807, 2.05) is 19.9 Å². The summed E-state index contributed by atoms with van der Waals surface area (Å²) in [7, 11) is 0. The predicted octanol–water partition coefficient (Wildman–Crippen LogP) is 2.14. The van der Waals surface area contributed by atoms with Crippen molar-refractivity contribution in [2.75, 3.05) is 0 Å². The van der Waals surface area contributed by atoms with Crippen LogP contribution in [0.1, 0.15) is 59.6 Å². The largest absolute Gasteiger partial charge is 0.339 e. The Labute approximate surface area is 116 Å². The second-order valence-corrected chi connectivity index (χ2v) is 5.12. The summed E-state index contributed by atoms with van der Waals surface area (Å²) < 4.78 is 5.19. The van der Waals surface area contributed by atoms with Crippen molar-refractivity contribution in [2.24, 2.45) is 0 Å². The number of carbonyl (C=O) groups is 1. The number of aromatic nitrogens is 3. The second kappa shape index (κ2) is 5.03. The average molecular weight is 272 g/mol. The molecule has 0 aromatic carbocycles. The summed E-state index contributed by atoms with van der Waals surface area (Å²) >= 11 is 0. The molecule has 1 atom stereocenters. The number of carbonyl (C=O) groups excluding carboxylic acids is 1. The third kappa shape index (κ3) is 2.68. The van der Waals surface area contributed by atoms with Gasteiger partial charge in [0.2, 0.25) is 5.89 Å². The fourth-order valence-corrected chi connectivity index (χ4v) is 1.93. The van der Waals surface area contributed by atoms with Gasteiger partial charge in [0.15, 0.2) is 5.82 Å². The normalized spacial score (nSPS) is 15.9. The number of rotatable bonds is 4. The van der Waals surface area contributed by atoms with Gasteiger partial charge in [-0.3, -0.25) is 4.79 Å². The van der Waals surface area contributed by atoms with E-state index in [2.05, 4.69) is 20.4 Å². The van der Waals surface area contributed by atoms with Crippen LogP contribution in [-0.4, -0.2) is 21.0 Å². The molecule has 1 aliphatic rings. The first kappa shape index (κ1) is 12.8. The third-order valence-electron chi connectivity index (χ3n) is 3.24. The molecule has 0 bridgehead atoms. The molecule has 0 saturated heterocycles. The van der Waals surface area contributed by atoms with Crippen molar-refractivity contribution in [1.29, 1.82) is 0 Å². The fourth-order valence-electron chi connectivity index (χ4n) is 1.93. The van der Waals surface area contributed by atoms with Crippen LogP contribution in [-0.2, 0) is 0 Å². The molecule has 20 heavy (non-hydrogen) atoms. The first-order chi connectivity index (χ1) is 9.63. The van der Waals surface area contributed by atoms with Crippen LogP contribution >= 0.6 is 0 Å². The number of aryl methyl sites for hydroxylation is 1. The Morgan fingerprint density at radius 3 is 2.90 bits per heavy atom. The van der Waals surface area contributed by atoms with Crippen molar-refractivity contribution in [3.05, 3.63) is 41.3 Å². The van der Waals surface area contributed by atoms with E-state index < -0.39 is 0 Å². The van der Waals surface area contributed by atoms with Crippen LogP contribution in [0.5, 0.6) is 0 Å². The molecule has 0 radical (unpaired) electrons. The summed E-state index contributed by atoms with van der Waals surface area (Å²) in [6.07, 6.45) is 2.24. The van der Waals surface area contributed by atoms with Gasteiger partial charge in [-0.1, -0.05) is 11.2 Å². The molecule has 1 saturated carbocycles. The first-order valence-electron chi connectivity index (χ1n) is 6.71. The van der Waals surface area contributed by atoms with E-state index in [4.69, 9.17) is 4.52 Å². The topological polar surface area (TPSA) is 80.9 Å². The maximum atomic E-state index is 12.1. The Morgan fingerprint density at radius 2 is 2.20 bits per heavy atom. The molecule has 6 heteroatoms. The Balaban J connectivity index is 1.68. The van der Waals surface area contributed by atoms with Crippen LogP contribution in [0.3, 0.4) is 0 Å². The Kier molecular flexibility index (Phi) is 3.22. The molecule has 6 nitrogen and oxygen atoms in total. The van der Waals surface area contributed by atoms with Crippen molar-refractivity contribution < 1.29 is 9.32 Å². The van der Waals surface area contributed by atoms with Crippen LogP contribution in [0.4, 0.5) is 0 Å². The summed E-state index contributed by atoms with van der Waals surface area (Å²) in [6.45, 7) is 3.66. The van der Waals surface area contributed by atoms with Gasteiger partial charge in [0.1, 0.15) is 11.7 Å². The van der Waals surface area contributed by atoms with Crippen molar-refractivity contribution in [3.63, 3.8) is 0 Å². The lowest BCUT2D eigenvalue weighted by Crippen LogP contribution is -2.27. The number of nitrogens with zero attached hydrogens (tertiary/aromatic N) is 3. The summed E-state index contributed by atoms with van der Waals surface area (Å²) in [5.41, 5.74) is 1.19. The predicted molar refractivity (Wildman–Crippen MR) is 71.1 cm³/mol. The third-order valence-corrected chi connectivity index (χ3v) is 3.24. The Bertz CT molecular complexity index is 634. The van der Waals surface area contributed by atoms with Crippen molar-refractivity contribution in [3.8, 4) is 0 Å². The Morgan fingerprint density at radius 1 is 1.40 bits per heavy atom. The van der Waals surface area contributed by atoms with E-state index in [-0.39, 0.29) is 11.9 Å². The molecule has 0 spiro atoms. The highest BCUT2D eigenvalue weighted by atomic mass is 16.5. The average Bonchev–Trinajstić information content (AvgIpc) is 3.16. The molecule has 0 unspecified atom stereocenters. The zero-order valence-electron chi connectivity index (χ0n) is 11.5. The van der Waals surface area contributed by atoms with E-state index in [9.17, 15) is 4.79 Å². The van der Waals surface area contributed by atoms with Gasteiger partial charge in [0.05, 0.1) is 0 Å². The summed E-state index contributed by atoms with van der Waals surface area (Å²) in [4.78, 5) is 20.6. The molecule has 2 heterocycles. The molecule has 1 fully saturated rings. The van der Waals surface area contributed by atoms with Gasteiger partial charge in [-0.25, -0.2) is 4.98 Å². The molecule has 1 N–H and O–H groups in total. The van der Waals surface area contributed by atoms with Gasteiger partial charge in [-0.2, -0.15) is 4.98 Å². The number of hydrogen-bond donors (Lipinski definition) is 1. The van der Waals surface area contributed by atoms with Crippen LogP contribution in [0, 0.1) is 6.92 Å². The molecule has 104 valence electrons. The minimum atomic E-state index is -0.329. The highest BCUT2D eigenvalue weighted by Crippen LogP contribution is 2.38. The molecule has 1 aliphatic carbocycles. The quantitative estimate of drug-likeness (QED) is 0.922. The molecule has 3 rings (SSSR count). The monoisotopic (exact) mass is 272 g/mol. The van der Waals surface area contributed by atoms with Crippen LogP contribution in [0.15, 0.2) is 22.7 Å². The highest BCUT2D eigenvalue weighted by molar-refractivity contribution is 5.92. The molecule has 2 aromatic rings. The smallest absolute Gasteiger partial charge is 0.270 e. The van der Waals surface area contributed by atoms with Crippen LogP contribution in [0.2, 0.25) is 0 Å². The highest BCUT2D eigenvalue weighted by Gasteiger charge is 2.29. The van der Waals surface area contributed by atoms with E-state index >= 15 is 0 Å². The van der Waals surface area contributed by atoms with Gasteiger partial charge < -0.3 is 9.84 Å². The zero-order valence-corrected chi connectivity index (χ0v) is 11.5. The number of pyridine rings is 1. The van der Waals surface area contributed by atoms with Crippen molar-refractivity contribution >= 4 is 5.91 Å². The second-order valence-electron chi connectivity index (χ2n) is 5.12. The van der Waals surface area contributed by atoms with E-state index in [1.54, 1.807) is 12.1 Å². The lowest BCUT2D eigenvalue weighted by molar-refractivity contribution is 0.0927. The summed E-state index contributed by atoms with van der Waals surface area (Å²) in [5.74, 6) is 1.38. The maximum absolute atomic E-state index is 12.1. The minimum Gasteiger partial charge on any atom is -0.339 e. The summed E-state index contributed by atoms with van der Waals surface area (Å²) in [5, 5.41) is 6.76. The van der Waals surface area contributed by atoms with Gasteiger partial charge in [-0.15, -0.1) is 0 Å². The number of nitrogens with one attached hydrogen (secondary N) is 1. The zero-order chi connectivity index (χ0) is 14.1. The van der Waals surface area contributed by atoms with Crippen molar-refractivity contribution in [2.45, 2.75) is 38.6 Å². The van der Waals surface area contributed by atoms with Crippen LogP contribution in [0.25, 0.3) is 0 Å². The summed E-state index contributed by atoms with van der Waals surface area (Å²) in [6, 6.07) is 5.00.